The molecule has 0 saturated heterocycles. The summed E-state index contributed by atoms with van der Waals surface area (Å²) in [7, 11) is 0. The van der Waals surface area contributed by atoms with Crippen molar-refractivity contribution in [2.24, 2.45) is 0 Å². The second kappa shape index (κ2) is 3.86. The zero-order valence-corrected chi connectivity index (χ0v) is 9.87. The van der Waals surface area contributed by atoms with Gasteiger partial charge >= 0.3 is 0 Å². The molecule has 0 atom stereocenters. The van der Waals surface area contributed by atoms with E-state index in [-0.39, 0.29) is 0 Å². The molecule has 0 amide bonds. The molecule has 1 saturated carbocycles. The van der Waals surface area contributed by atoms with Crippen molar-refractivity contribution in [3.63, 3.8) is 0 Å². The first kappa shape index (κ1) is 9.31. The standard InChI is InChI=1S/C11H13IO/c1-2-8-5-9(12)7-11(6-8)13-10-3-4-10/h5-7,10H,2-4H2,1H3. The van der Waals surface area contributed by atoms with Crippen LogP contribution in [-0.4, -0.2) is 6.10 Å². The summed E-state index contributed by atoms with van der Waals surface area (Å²) in [5.41, 5.74) is 1.36. The summed E-state index contributed by atoms with van der Waals surface area (Å²) >= 11 is 2.34. The minimum absolute atomic E-state index is 0.503. The molecule has 0 aromatic heterocycles. The van der Waals surface area contributed by atoms with E-state index < -0.39 is 0 Å². The van der Waals surface area contributed by atoms with Crippen LogP contribution in [0.1, 0.15) is 25.3 Å². The maximum absolute atomic E-state index is 5.74. The molecule has 1 aromatic rings. The van der Waals surface area contributed by atoms with Crippen molar-refractivity contribution in [1.29, 1.82) is 0 Å². The number of benzene rings is 1. The van der Waals surface area contributed by atoms with Crippen molar-refractivity contribution >= 4 is 22.6 Å². The smallest absolute Gasteiger partial charge is 0.121 e. The SMILES string of the molecule is CCc1cc(I)cc(OC2CC2)c1. The summed E-state index contributed by atoms with van der Waals surface area (Å²) in [5, 5.41) is 0. The molecule has 1 aliphatic carbocycles. The molecule has 0 heterocycles. The van der Waals surface area contributed by atoms with Crippen LogP contribution in [0.25, 0.3) is 0 Å². The lowest BCUT2D eigenvalue weighted by atomic mass is 10.2. The zero-order valence-electron chi connectivity index (χ0n) is 7.72. The number of hydrogen-bond acceptors (Lipinski definition) is 1. The van der Waals surface area contributed by atoms with E-state index in [0.717, 1.165) is 12.2 Å². The van der Waals surface area contributed by atoms with E-state index in [9.17, 15) is 0 Å². The highest BCUT2D eigenvalue weighted by Gasteiger charge is 2.23. The first-order chi connectivity index (χ1) is 6.28. The molecule has 1 aromatic carbocycles. The summed E-state index contributed by atoms with van der Waals surface area (Å²) in [4.78, 5) is 0. The molecule has 13 heavy (non-hydrogen) atoms. The monoisotopic (exact) mass is 288 g/mol. The maximum Gasteiger partial charge on any atom is 0.121 e. The Morgan fingerprint density at radius 2 is 2.15 bits per heavy atom. The Morgan fingerprint density at radius 3 is 2.77 bits per heavy atom. The molecular formula is C11H13IO. The third kappa shape index (κ3) is 2.59. The highest BCUT2D eigenvalue weighted by atomic mass is 127. The van der Waals surface area contributed by atoms with Gasteiger partial charge in [0.2, 0.25) is 0 Å². The van der Waals surface area contributed by atoms with Gasteiger partial charge in [-0.2, -0.15) is 0 Å². The molecule has 2 rings (SSSR count). The van der Waals surface area contributed by atoms with Crippen molar-refractivity contribution in [1.82, 2.24) is 0 Å². The van der Waals surface area contributed by atoms with Gasteiger partial charge in [0, 0.05) is 3.57 Å². The van der Waals surface area contributed by atoms with E-state index >= 15 is 0 Å². The van der Waals surface area contributed by atoms with Crippen LogP contribution in [0, 0.1) is 3.57 Å². The van der Waals surface area contributed by atoms with Crippen LogP contribution >= 0.6 is 22.6 Å². The summed E-state index contributed by atoms with van der Waals surface area (Å²) in [6, 6.07) is 6.47. The van der Waals surface area contributed by atoms with Crippen molar-refractivity contribution in [3.05, 3.63) is 27.3 Å². The predicted molar refractivity (Wildman–Crippen MR) is 62.2 cm³/mol. The normalized spacial score (nSPS) is 15.8. The Hall–Kier alpha value is -0.250. The first-order valence-corrected chi connectivity index (χ1v) is 5.82. The minimum Gasteiger partial charge on any atom is -0.490 e. The van der Waals surface area contributed by atoms with Gasteiger partial charge in [-0.3, -0.25) is 0 Å². The number of aryl methyl sites for hydroxylation is 1. The van der Waals surface area contributed by atoms with E-state index in [1.165, 1.54) is 22.0 Å². The van der Waals surface area contributed by atoms with E-state index in [0.29, 0.717) is 6.10 Å². The van der Waals surface area contributed by atoms with E-state index in [2.05, 4.69) is 47.7 Å². The molecule has 1 aliphatic rings. The van der Waals surface area contributed by atoms with E-state index in [4.69, 9.17) is 4.74 Å². The van der Waals surface area contributed by atoms with Crippen LogP contribution in [-0.2, 0) is 6.42 Å². The Balaban J connectivity index is 2.17. The zero-order chi connectivity index (χ0) is 9.26. The van der Waals surface area contributed by atoms with Crippen LogP contribution in [0.3, 0.4) is 0 Å². The minimum atomic E-state index is 0.503. The Labute approximate surface area is 92.6 Å². The molecule has 0 aliphatic heterocycles. The van der Waals surface area contributed by atoms with Crippen LogP contribution < -0.4 is 4.74 Å². The van der Waals surface area contributed by atoms with Gasteiger partial charge in [-0.05, 0) is 65.6 Å². The summed E-state index contributed by atoms with van der Waals surface area (Å²) in [6.07, 6.45) is 4.04. The van der Waals surface area contributed by atoms with Crippen molar-refractivity contribution in [2.45, 2.75) is 32.3 Å². The van der Waals surface area contributed by atoms with Crippen molar-refractivity contribution in [3.8, 4) is 5.75 Å². The fourth-order valence-corrected chi connectivity index (χ4v) is 1.98. The predicted octanol–water partition coefficient (Wildman–Crippen LogP) is 3.39. The molecule has 0 spiro atoms. The number of rotatable bonds is 3. The Bertz CT molecular complexity index is 305. The summed E-state index contributed by atoms with van der Waals surface area (Å²) in [6.45, 7) is 2.17. The molecule has 0 unspecified atom stereocenters. The molecule has 70 valence electrons. The van der Waals surface area contributed by atoms with Crippen LogP contribution in [0.4, 0.5) is 0 Å². The third-order valence-corrected chi connectivity index (χ3v) is 2.79. The lowest BCUT2D eigenvalue weighted by molar-refractivity contribution is 0.302. The molecule has 1 fully saturated rings. The molecular weight excluding hydrogens is 275 g/mol. The van der Waals surface area contributed by atoms with Gasteiger partial charge in [-0.15, -0.1) is 0 Å². The average molecular weight is 288 g/mol. The largest absolute Gasteiger partial charge is 0.490 e. The fourth-order valence-electron chi connectivity index (χ4n) is 1.27. The first-order valence-electron chi connectivity index (χ1n) is 4.74. The molecule has 2 heteroatoms. The molecule has 0 radical (unpaired) electrons. The highest BCUT2D eigenvalue weighted by molar-refractivity contribution is 14.1. The number of halogens is 1. The van der Waals surface area contributed by atoms with Gasteiger partial charge in [-0.1, -0.05) is 6.92 Å². The fraction of sp³-hybridized carbons (Fsp3) is 0.455. The summed E-state index contributed by atoms with van der Waals surface area (Å²) < 4.78 is 7.01. The van der Waals surface area contributed by atoms with Gasteiger partial charge < -0.3 is 4.74 Å². The summed E-state index contributed by atoms with van der Waals surface area (Å²) in [5.74, 6) is 1.05. The number of hydrogen-bond donors (Lipinski definition) is 0. The third-order valence-electron chi connectivity index (χ3n) is 2.17. The van der Waals surface area contributed by atoms with Gasteiger partial charge in [0.1, 0.15) is 5.75 Å². The van der Waals surface area contributed by atoms with Gasteiger partial charge in [0.05, 0.1) is 6.10 Å². The van der Waals surface area contributed by atoms with Crippen molar-refractivity contribution in [2.75, 3.05) is 0 Å². The quantitative estimate of drug-likeness (QED) is 0.775. The van der Waals surface area contributed by atoms with Gasteiger partial charge in [0.25, 0.3) is 0 Å². The average Bonchev–Trinajstić information content (AvgIpc) is 2.87. The molecule has 0 bridgehead atoms. The lowest BCUT2D eigenvalue weighted by Gasteiger charge is -2.06. The van der Waals surface area contributed by atoms with E-state index in [1.54, 1.807) is 0 Å². The van der Waals surface area contributed by atoms with Crippen LogP contribution in [0.15, 0.2) is 18.2 Å². The number of ether oxygens (including phenoxy) is 1. The maximum atomic E-state index is 5.74. The highest BCUT2D eigenvalue weighted by Crippen LogP contribution is 2.28. The van der Waals surface area contributed by atoms with Gasteiger partial charge in [-0.25, -0.2) is 0 Å². The van der Waals surface area contributed by atoms with Gasteiger partial charge in [0.15, 0.2) is 0 Å². The van der Waals surface area contributed by atoms with Crippen LogP contribution in [0.5, 0.6) is 5.75 Å². The van der Waals surface area contributed by atoms with Crippen LogP contribution in [0.2, 0.25) is 0 Å². The van der Waals surface area contributed by atoms with E-state index in [1.807, 2.05) is 0 Å². The molecule has 1 nitrogen and oxygen atoms in total. The topological polar surface area (TPSA) is 9.23 Å². The second-order valence-electron chi connectivity index (χ2n) is 3.47. The van der Waals surface area contributed by atoms with Crippen molar-refractivity contribution < 1.29 is 4.74 Å². The Kier molecular flexibility index (Phi) is 2.77. The molecule has 0 N–H and O–H groups in total. The Morgan fingerprint density at radius 1 is 1.38 bits per heavy atom. The lowest BCUT2D eigenvalue weighted by Crippen LogP contribution is -1.97. The second-order valence-corrected chi connectivity index (χ2v) is 4.71.